The summed E-state index contributed by atoms with van der Waals surface area (Å²) in [6, 6.07) is 10.3. The van der Waals surface area contributed by atoms with Crippen LogP contribution in [0.2, 0.25) is 0 Å². The van der Waals surface area contributed by atoms with E-state index in [1.165, 1.54) is 7.11 Å². The summed E-state index contributed by atoms with van der Waals surface area (Å²) in [6.07, 6.45) is 0. The van der Waals surface area contributed by atoms with Gasteiger partial charge in [0.05, 0.1) is 19.3 Å². The highest BCUT2D eigenvalue weighted by Gasteiger charge is 2.33. The van der Waals surface area contributed by atoms with Crippen molar-refractivity contribution in [2.75, 3.05) is 14.2 Å². The molecule has 0 saturated heterocycles. The Bertz CT molecular complexity index is 746. The molecule has 0 fully saturated rings. The van der Waals surface area contributed by atoms with Gasteiger partial charge in [0.15, 0.2) is 11.6 Å². The fourth-order valence-electron chi connectivity index (χ4n) is 2.73. The molecule has 106 valence electrons. The van der Waals surface area contributed by atoms with E-state index in [1.54, 1.807) is 43.5 Å². The van der Waals surface area contributed by atoms with Crippen molar-refractivity contribution in [2.45, 2.75) is 6.61 Å². The molecule has 0 saturated carbocycles. The van der Waals surface area contributed by atoms with Crippen molar-refractivity contribution in [3.63, 3.8) is 0 Å². The highest BCUT2D eigenvalue weighted by Crippen LogP contribution is 2.34. The molecule has 0 unspecified atom stereocenters. The molecule has 0 spiro atoms. The first kappa shape index (κ1) is 13.5. The van der Waals surface area contributed by atoms with E-state index in [0.29, 0.717) is 34.6 Å². The molecule has 0 radical (unpaired) electrons. The van der Waals surface area contributed by atoms with Crippen molar-refractivity contribution in [3.8, 4) is 5.75 Å². The Balaban J connectivity index is 2.28. The predicted octanol–water partition coefficient (Wildman–Crippen LogP) is 2.62. The maximum absolute atomic E-state index is 12.8. The van der Waals surface area contributed by atoms with Crippen LogP contribution in [0, 0.1) is 0 Å². The standard InChI is InChI=1S/C17H14O4/c1-20-9-10-5-3-6-11-14(10)16(18)12-7-4-8-13(21-2)15(12)17(11)19/h3-8H,9H2,1-2H3. The molecule has 0 atom stereocenters. The third-order valence-electron chi connectivity index (χ3n) is 3.64. The monoisotopic (exact) mass is 282 g/mol. The van der Waals surface area contributed by atoms with Crippen molar-refractivity contribution >= 4 is 11.6 Å². The number of carbonyl (C=O) groups is 2. The van der Waals surface area contributed by atoms with Gasteiger partial charge in [0, 0.05) is 23.8 Å². The number of rotatable bonds is 3. The molecule has 4 heteroatoms. The molecule has 2 aromatic carbocycles. The number of ether oxygens (including phenoxy) is 2. The first-order chi connectivity index (χ1) is 10.2. The van der Waals surface area contributed by atoms with E-state index in [9.17, 15) is 9.59 Å². The number of hydrogen-bond donors (Lipinski definition) is 0. The molecule has 21 heavy (non-hydrogen) atoms. The van der Waals surface area contributed by atoms with Gasteiger partial charge in [-0.25, -0.2) is 0 Å². The molecule has 0 aliphatic heterocycles. The van der Waals surface area contributed by atoms with Gasteiger partial charge in [0.1, 0.15) is 5.75 Å². The van der Waals surface area contributed by atoms with Gasteiger partial charge < -0.3 is 9.47 Å². The van der Waals surface area contributed by atoms with Crippen LogP contribution in [0.3, 0.4) is 0 Å². The topological polar surface area (TPSA) is 52.6 Å². The minimum atomic E-state index is -0.185. The lowest BCUT2D eigenvalue weighted by atomic mass is 9.81. The van der Waals surface area contributed by atoms with Crippen LogP contribution >= 0.6 is 0 Å². The van der Waals surface area contributed by atoms with Crippen molar-refractivity contribution in [3.05, 3.63) is 64.2 Å². The Morgan fingerprint density at radius 1 is 0.857 bits per heavy atom. The van der Waals surface area contributed by atoms with Gasteiger partial charge in [0.25, 0.3) is 0 Å². The van der Waals surface area contributed by atoms with Crippen LogP contribution in [-0.4, -0.2) is 25.8 Å². The zero-order chi connectivity index (χ0) is 15.0. The molecule has 1 aliphatic carbocycles. The predicted molar refractivity (Wildman–Crippen MR) is 77.0 cm³/mol. The van der Waals surface area contributed by atoms with Gasteiger partial charge in [-0.15, -0.1) is 0 Å². The van der Waals surface area contributed by atoms with Crippen molar-refractivity contribution < 1.29 is 19.1 Å². The SMILES string of the molecule is COCc1cccc2c1C(=O)c1cccc(OC)c1C2=O. The maximum Gasteiger partial charge on any atom is 0.198 e. The minimum Gasteiger partial charge on any atom is -0.496 e. The van der Waals surface area contributed by atoms with Crippen LogP contribution in [0.5, 0.6) is 5.75 Å². The summed E-state index contributed by atoms with van der Waals surface area (Å²) in [5.74, 6) is 0.0785. The van der Waals surface area contributed by atoms with Crippen LogP contribution in [0.4, 0.5) is 0 Å². The zero-order valence-corrected chi connectivity index (χ0v) is 11.8. The van der Waals surface area contributed by atoms with Crippen molar-refractivity contribution in [1.82, 2.24) is 0 Å². The summed E-state index contributed by atoms with van der Waals surface area (Å²) in [4.78, 5) is 25.5. The summed E-state index contributed by atoms with van der Waals surface area (Å²) in [5.41, 5.74) is 2.29. The molecule has 0 N–H and O–H groups in total. The Morgan fingerprint density at radius 3 is 2.14 bits per heavy atom. The van der Waals surface area contributed by atoms with Gasteiger partial charge in [-0.05, 0) is 11.6 Å². The number of carbonyl (C=O) groups excluding carboxylic acids is 2. The fourth-order valence-corrected chi connectivity index (χ4v) is 2.73. The molecular formula is C17H14O4. The largest absolute Gasteiger partial charge is 0.496 e. The number of hydrogen-bond acceptors (Lipinski definition) is 4. The first-order valence-corrected chi connectivity index (χ1v) is 6.56. The molecule has 2 aromatic rings. The summed E-state index contributed by atoms with van der Waals surface area (Å²) < 4.78 is 10.3. The second-order valence-corrected chi connectivity index (χ2v) is 4.81. The summed E-state index contributed by atoms with van der Waals surface area (Å²) in [7, 11) is 3.05. The Kier molecular flexibility index (Phi) is 3.31. The fraction of sp³-hybridized carbons (Fsp3) is 0.176. The Labute approximate surface area is 122 Å². The number of ketones is 2. The van der Waals surface area contributed by atoms with Crippen LogP contribution in [-0.2, 0) is 11.3 Å². The molecule has 0 amide bonds. The van der Waals surface area contributed by atoms with Crippen LogP contribution < -0.4 is 4.74 Å². The van der Waals surface area contributed by atoms with Gasteiger partial charge in [-0.1, -0.05) is 30.3 Å². The Hall–Kier alpha value is -2.46. The quantitative estimate of drug-likeness (QED) is 0.741. The van der Waals surface area contributed by atoms with Gasteiger partial charge >= 0.3 is 0 Å². The average molecular weight is 282 g/mol. The van der Waals surface area contributed by atoms with Crippen LogP contribution in [0.1, 0.15) is 37.4 Å². The van der Waals surface area contributed by atoms with E-state index >= 15 is 0 Å². The van der Waals surface area contributed by atoms with E-state index in [4.69, 9.17) is 9.47 Å². The van der Waals surface area contributed by atoms with Gasteiger partial charge in [0.2, 0.25) is 0 Å². The normalized spacial score (nSPS) is 12.9. The van der Waals surface area contributed by atoms with Crippen LogP contribution in [0.15, 0.2) is 36.4 Å². The third kappa shape index (κ3) is 1.96. The van der Waals surface area contributed by atoms with E-state index in [1.807, 2.05) is 0 Å². The van der Waals surface area contributed by atoms with E-state index in [0.717, 1.165) is 5.56 Å². The number of fused-ring (bicyclic) bond motifs is 2. The lowest BCUT2D eigenvalue weighted by Crippen LogP contribution is -2.23. The maximum atomic E-state index is 12.8. The lowest BCUT2D eigenvalue weighted by molar-refractivity contribution is 0.0972. The molecule has 4 nitrogen and oxygen atoms in total. The first-order valence-electron chi connectivity index (χ1n) is 6.56. The molecule has 0 bridgehead atoms. The van der Waals surface area contributed by atoms with Crippen molar-refractivity contribution in [2.24, 2.45) is 0 Å². The van der Waals surface area contributed by atoms with E-state index in [2.05, 4.69) is 0 Å². The molecule has 0 aromatic heterocycles. The van der Waals surface area contributed by atoms with E-state index in [-0.39, 0.29) is 11.6 Å². The second-order valence-electron chi connectivity index (χ2n) is 4.81. The molecule has 3 rings (SSSR count). The average Bonchev–Trinajstić information content (AvgIpc) is 2.52. The smallest absolute Gasteiger partial charge is 0.198 e. The summed E-state index contributed by atoms with van der Waals surface area (Å²) in [6.45, 7) is 0.293. The van der Waals surface area contributed by atoms with Gasteiger partial charge in [-0.3, -0.25) is 9.59 Å². The number of benzene rings is 2. The van der Waals surface area contributed by atoms with Crippen LogP contribution in [0.25, 0.3) is 0 Å². The van der Waals surface area contributed by atoms with E-state index < -0.39 is 0 Å². The van der Waals surface area contributed by atoms with Crippen molar-refractivity contribution in [1.29, 1.82) is 0 Å². The summed E-state index contributed by atoms with van der Waals surface area (Å²) >= 11 is 0. The third-order valence-corrected chi connectivity index (χ3v) is 3.64. The zero-order valence-electron chi connectivity index (χ0n) is 11.8. The lowest BCUT2D eigenvalue weighted by Gasteiger charge is -2.21. The highest BCUT2D eigenvalue weighted by molar-refractivity contribution is 6.29. The molecular weight excluding hydrogens is 268 g/mol. The van der Waals surface area contributed by atoms with Gasteiger partial charge in [-0.2, -0.15) is 0 Å². The minimum absolute atomic E-state index is 0.161. The second kappa shape index (κ2) is 5.14. The molecule has 1 aliphatic rings. The Morgan fingerprint density at radius 2 is 1.48 bits per heavy atom. The summed E-state index contributed by atoms with van der Waals surface area (Å²) in [5, 5.41) is 0. The molecule has 0 heterocycles. The highest BCUT2D eigenvalue weighted by atomic mass is 16.5. The number of methoxy groups -OCH3 is 2.